The number of hydrogen-bond acceptors (Lipinski definition) is 4. The van der Waals surface area contributed by atoms with Crippen LogP contribution in [-0.4, -0.2) is 31.8 Å². The monoisotopic (exact) mass is 271 g/mol. The van der Waals surface area contributed by atoms with E-state index in [0.717, 1.165) is 6.54 Å². The number of thioether (sulfide) groups is 2. The Bertz CT molecular complexity index is 353. The lowest BCUT2D eigenvalue weighted by Gasteiger charge is -2.34. The molecule has 0 amide bonds. The summed E-state index contributed by atoms with van der Waals surface area (Å²) in [5, 5.41) is 5.53. The van der Waals surface area contributed by atoms with E-state index in [1.54, 1.807) is 0 Å². The first-order chi connectivity index (χ1) is 8.27. The largest absolute Gasteiger partial charge is 0.322 e. The maximum Gasteiger partial charge on any atom is 0.0598 e. The van der Waals surface area contributed by atoms with Crippen molar-refractivity contribution in [3.05, 3.63) is 18.0 Å². The Balaban J connectivity index is 2.15. The molecule has 0 aliphatic carbocycles. The number of hydrogen-bond donors (Lipinski definition) is 1. The summed E-state index contributed by atoms with van der Waals surface area (Å²) in [6.07, 6.45) is 3.07. The molecular formula is C12H21N3S2. The van der Waals surface area contributed by atoms with Crippen molar-refractivity contribution >= 4 is 23.5 Å². The molecule has 2 heterocycles. The van der Waals surface area contributed by atoms with Crippen LogP contribution in [0.2, 0.25) is 0 Å². The Kier molecular flexibility index (Phi) is 4.82. The number of nitrogens with zero attached hydrogens (tertiary/aromatic N) is 2. The zero-order chi connectivity index (χ0) is 12.3. The zero-order valence-corrected chi connectivity index (χ0v) is 12.1. The van der Waals surface area contributed by atoms with E-state index in [0.29, 0.717) is 10.5 Å². The Morgan fingerprint density at radius 3 is 2.94 bits per heavy atom. The molecule has 3 atom stereocenters. The first-order valence-electron chi connectivity index (χ1n) is 6.28. The van der Waals surface area contributed by atoms with E-state index in [1.165, 1.54) is 23.6 Å². The average molecular weight is 271 g/mol. The van der Waals surface area contributed by atoms with Gasteiger partial charge in [-0.25, -0.2) is 0 Å². The van der Waals surface area contributed by atoms with Crippen LogP contribution in [0.1, 0.15) is 32.0 Å². The van der Waals surface area contributed by atoms with Crippen LogP contribution in [0.4, 0.5) is 0 Å². The summed E-state index contributed by atoms with van der Waals surface area (Å²) < 4.78 is 2.03. The lowest BCUT2D eigenvalue weighted by molar-refractivity contribution is 0.544. The van der Waals surface area contributed by atoms with Crippen molar-refractivity contribution in [1.29, 1.82) is 0 Å². The van der Waals surface area contributed by atoms with Crippen LogP contribution in [0.25, 0.3) is 0 Å². The third kappa shape index (κ3) is 2.83. The van der Waals surface area contributed by atoms with E-state index in [1.807, 2.05) is 22.6 Å². The normalized spacial score (nSPS) is 27.0. The second kappa shape index (κ2) is 6.16. The maximum atomic E-state index is 6.46. The summed E-state index contributed by atoms with van der Waals surface area (Å²) in [4.78, 5) is 0. The molecule has 3 unspecified atom stereocenters. The molecular weight excluding hydrogens is 250 g/mol. The van der Waals surface area contributed by atoms with Gasteiger partial charge in [0.15, 0.2) is 0 Å². The van der Waals surface area contributed by atoms with Crippen molar-refractivity contribution in [3.63, 3.8) is 0 Å². The van der Waals surface area contributed by atoms with E-state index >= 15 is 0 Å². The maximum absolute atomic E-state index is 6.46. The van der Waals surface area contributed by atoms with Crippen molar-refractivity contribution in [2.24, 2.45) is 5.73 Å². The topological polar surface area (TPSA) is 43.8 Å². The van der Waals surface area contributed by atoms with Crippen LogP contribution < -0.4 is 5.73 Å². The van der Waals surface area contributed by atoms with Crippen molar-refractivity contribution in [3.8, 4) is 0 Å². The number of rotatable bonds is 4. The average Bonchev–Trinajstić information content (AvgIpc) is 2.86. The van der Waals surface area contributed by atoms with Crippen LogP contribution in [-0.2, 0) is 6.54 Å². The number of aromatic nitrogens is 2. The van der Waals surface area contributed by atoms with Crippen LogP contribution >= 0.6 is 23.5 Å². The van der Waals surface area contributed by atoms with Crippen molar-refractivity contribution in [2.45, 2.75) is 43.4 Å². The Hall–Kier alpha value is -0.130. The van der Waals surface area contributed by atoms with Gasteiger partial charge in [-0.2, -0.15) is 28.6 Å². The minimum absolute atomic E-state index is 0.111. The van der Waals surface area contributed by atoms with Crippen molar-refractivity contribution in [1.82, 2.24) is 9.78 Å². The highest BCUT2D eigenvalue weighted by Crippen LogP contribution is 2.39. The molecule has 0 spiro atoms. The van der Waals surface area contributed by atoms with Gasteiger partial charge in [0, 0.05) is 34.7 Å². The Morgan fingerprint density at radius 1 is 1.47 bits per heavy atom. The number of aryl methyl sites for hydroxylation is 1. The predicted molar refractivity (Wildman–Crippen MR) is 77.6 cm³/mol. The smallest absolute Gasteiger partial charge is 0.0598 e. The third-order valence-corrected chi connectivity index (χ3v) is 6.61. The molecule has 1 fully saturated rings. The predicted octanol–water partition coefficient (Wildman–Crippen LogP) is 2.53. The highest BCUT2D eigenvalue weighted by atomic mass is 32.2. The quantitative estimate of drug-likeness (QED) is 0.914. The molecule has 0 saturated carbocycles. The zero-order valence-electron chi connectivity index (χ0n) is 10.5. The van der Waals surface area contributed by atoms with Crippen molar-refractivity contribution < 1.29 is 0 Å². The van der Waals surface area contributed by atoms with Crippen LogP contribution in [0, 0.1) is 0 Å². The van der Waals surface area contributed by atoms with E-state index in [4.69, 9.17) is 5.73 Å². The van der Waals surface area contributed by atoms with Gasteiger partial charge in [-0.1, -0.05) is 6.92 Å². The van der Waals surface area contributed by atoms with Gasteiger partial charge in [-0.15, -0.1) is 0 Å². The van der Waals surface area contributed by atoms with Gasteiger partial charge in [0.25, 0.3) is 0 Å². The molecule has 5 heteroatoms. The molecule has 2 rings (SSSR count). The summed E-state index contributed by atoms with van der Waals surface area (Å²) in [7, 11) is 0. The summed E-state index contributed by atoms with van der Waals surface area (Å²) in [5.74, 6) is 2.49. The molecule has 2 N–H and O–H groups in total. The van der Waals surface area contributed by atoms with E-state index in [2.05, 4.69) is 36.8 Å². The molecule has 1 saturated heterocycles. The molecule has 1 aromatic rings. The summed E-state index contributed by atoms with van der Waals surface area (Å²) in [6.45, 7) is 5.28. The van der Waals surface area contributed by atoms with Crippen LogP contribution in [0.3, 0.4) is 0 Å². The molecule has 0 radical (unpaired) electrons. The molecule has 0 aromatic carbocycles. The second-order valence-corrected chi connectivity index (χ2v) is 6.88. The standard InChI is InChI=1S/C12H21N3S2/c1-3-10-12(17-8-7-16-10)11(13)9-5-6-14-15(9)4-2/h5-6,10-12H,3-4,7-8,13H2,1-2H3. The summed E-state index contributed by atoms with van der Waals surface area (Å²) in [6, 6.07) is 2.18. The Labute approximate surface area is 112 Å². The Morgan fingerprint density at radius 2 is 2.24 bits per heavy atom. The van der Waals surface area contributed by atoms with Crippen LogP contribution in [0.5, 0.6) is 0 Å². The molecule has 96 valence electrons. The molecule has 3 nitrogen and oxygen atoms in total. The van der Waals surface area contributed by atoms with Gasteiger partial charge in [-0.3, -0.25) is 4.68 Å². The molecule has 1 aliphatic rings. The van der Waals surface area contributed by atoms with Gasteiger partial charge in [-0.05, 0) is 19.4 Å². The minimum atomic E-state index is 0.111. The third-order valence-electron chi connectivity index (χ3n) is 3.24. The highest BCUT2D eigenvalue weighted by Gasteiger charge is 2.32. The molecule has 1 aromatic heterocycles. The summed E-state index contributed by atoms with van der Waals surface area (Å²) >= 11 is 4.11. The second-order valence-electron chi connectivity index (χ2n) is 4.25. The van der Waals surface area contributed by atoms with E-state index in [9.17, 15) is 0 Å². The molecule has 17 heavy (non-hydrogen) atoms. The molecule has 1 aliphatic heterocycles. The van der Waals surface area contributed by atoms with Gasteiger partial charge >= 0.3 is 0 Å². The fourth-order valence-corrected chi connectivity index (χ4v) is 5.49. The van der Waals surface area contributed by atoms with Gasteiger partial charge < -0.3 is 5.73 Å². The van der Waals surface area contributed by atoms with E-state index in [-0.39, 0.29) is 6.04 Å². The fourth-order valence-electron chi connectivity index (χ4n) is 2.33. The van der Waals surface area contributed by atoms with Gasteiger partial charge in [0.1, 0.15) is 0 Å². The molecule has 0 bridgehead atoms. The van der Waals surface area contributed by atoms with Crippen LogP contribution in [0.15, 0.2) is 12.3 Å². The lowest BCUT2D eigenvalue weighted by atomic mass is 10.1. The van der Waals surface area contributed by atoms with Gasteiger partial charge in [0.2, 0.25) is 0 Å². The minimum Gasteiger partial charge on any atom is -0.322 e. The SMILES string of the molecule is CCC1SCCSC1C(N)c1ccnn1CC. The first-order valence-corrected chi connectivity index (χ1v) is 8.38. The first kappa shape index (κ1) is 13.3. The lowest BCUT2D eigenvalue weighted by Crippen LogP contribution is -2.36. The fraction of sp³-hybridized carbons (Fsp3) is 0.750. The summed E-state index contributed by atoms with van der Waals surface area (Å²) in [5.41, 5.74) is 7.65. The van der Waals surface area contributed by atoms with E-state index < -0.39 is 0 Å². The van der Waals surface area contributed by atoms with Crippen molar-refractivity contribution in [2.75, 3.05) is 11.5 Å². The number of nitrogens with two attached hydrogens (primary N) is 1. The van der Waals surface area contributed by atoms with Gasteiger partial charge in [0.05, 0.1) is 11.7 Å². The highest BCUT2D eigenvalue weighted by molar-refractivity contribution is 8.07.